The highest BCUT2D eigenvalue weighted by Gasteiger charge is 2.10. The second kappa shape index (κ2) is 5.16. The second-order valence-corrected chi connectivity index (χ2v) is 4.67. The van der Waals surface area contributed by atoms with Crippen molar-refractivity contribution in [2.45, 2.75) is 6.54 Å². The number of rotatable bonds is 2. The number of hydrogen-bond acceptors (Lipinski definition) is 2. The molecule has 0 atom stereocenters. The van der Waals surface area contributed by atoms with Crippen molar-refractivity contribution in [2.75, 3.05) is 0 Å². The molecule has 0 saturated carbocycles. The highest BCUT2D eigenvalue weighted by molar-refractivity contribution is 9.10. The van der Waals surface area contributed by atoms with Crippen LogP contribution in [-0.4, -0.2) is 9.55 Å². The smallest absolute Gasteiger partial charge is 0.269 e. The molecular weight excluding hydrogens is 329 g/mol. The van der Waals surface area contributed by atoms with Crippen LogP contribution in [0.2, 0.25) is 5.15 Å². The van der Waals surface area contributed by atoms with Gasteiger partial charge in [0.25, 0.3) is 5.56 Å². The summed E-state index contributed by atoms with van der Waals surface area (Å²) < 4.78 is 27.4. The minimum Gasteiger partial charge on any atom is -0.294 e. The Hall–Kier alpha value is -1.27. The van der Waals surface area contributed by atoms with Crippen molar-refractivity contribution >= 4 is 27.5 Å². The lowest BCUT2D eigenvalue weighted by atomic mass is 10.2. The number of halogens is 4. The van der Waals surface area contributed by atoms with Crippen molar-refractivity contribution in [3.05, 3.63) is 61.7 Å². The summed E-state index contributed by atoms with van der Waals surface area (Å²) in [4.78, 5) is 15.5. The van der Waals surface area contributed by atoms with Gasteiger partial charge in [0.2, 0.25) is 0 Å². The molecule has 0 spiro atoms. The summed E-state index contributed by atoms with van der Waals surface area (Å²) in [6, 6.07) is 3.17. The third kappa shape index (κ3) is 2.59. The van der Waals surface area contributed by atoms with Gasteiger partial charge in [-0.05, 0) is 22.0 Å². The van der Waals surface area contributed by atoms with Gasteiger partial charge in [-0.3, -0.25) is 9.36 Å². The maximum absolute atomic E-state index is 13.4. The summed E-state index contributed by atoms with van der Waals surface area (Å²) in [7, 11) is 0. The Kier molecular flexibility index (Phi) is 3.77. The number of aromatic nitrogens is 2. The molecule has 0 amide bonds. The maximum atomic E-state index is 13.4. The van der Waals surface area contributed by atoms with Gasteiger partial charge >= 0.3 is 0 Å². The predicted octanol–water partition coefficient (Wildman–Crippen LogP) is 2.99. The van der Waals surface area contributed by atoms with Gasteiger partial charge in [-0.25, -0.2) is 13.8 Å². The fraction of sp³-hybridized carbons (Fsp3) is 0.0909. The molecule has 1 aromatic heterocycles. The second-order valence-electron chi connectivity index (χ2n) is 3.52. The lowest BCUT2D eigenvalue weighted by Crippen LogP contribution is -2.22. The van der Waals surface area contributed by atoms with E-state index in [1.165, 1.54) is 17.0 Å². The summed E-state index contributed by atoms with van der Waals surface area (Å²) in [5, 5.41) is 0.0378. The molecular formula is C11H6BrClF2N2O. The molecule has 18 heavy (non-hydrogen) atoms. The molecule has 0 bridgehead atoms. The molecule has 94 valence electrons. The van der Waals surface area contributed by atoms with Gasteiger partial charge in [-0.2, -0.15) is 0 Å². The third-order valence-corrected chi connectivity index (χ3v) is 3.53. The van der Waals surface area contributed by atoms with Crippen molar-refractivity contribution in [2.24, 2.45) is 0 Å². The highest BCUT2D eigenvalue weighted by atomic mass is 79.9. The zero-order valence-electron chi connectivity index (χ0n) is 8.83. The summed E-state index contributed by atoms with van der Waals surface area (Å²) in [5.41, 5.74) is -0.242. The number of benzene rings is 1. The van der Waals surface area contributed by atoms with E-state index in [9.17, 15) is 13.6 Å². The van der Waals surface area contributed by atoms with Crippen LogP contribution >= 0.6 is 27.5 Å². The summed E-state index contributed by atoms with van der Waals surface area (Å²) in [5.74, 6) is -1.38. The quantitative estimate of drug-likeness (QED) is 0.791. The normalized spacial score (nSPS) is 10.7. The summed E-state index contributed by atoms with van der Waals surface area (Å²) in [6.07, 6.45) is 1.21. The predicted molar refractivity (Wildman–Crippen MR) is 66.7 cm³/mol. The first-order valence-electron chi connectivity index (χ1n) is 4.83. The van der Waals surface area contributed by atoms with Gasteiger partial charge < -0.3 is 0 Å². The Morgan fingerprint density at radius 1 is 1.39 bits per heavy atom. The molecule has 0 fully saturated rings. The summed E-state index contributed by atoms with van der Waals surface area (Å²) in [6.45, 7) is -0.0479. The van der Waals surface area contributed by atoms with Gasteiger partial charge in [0.15, 0.2) is 5.15 Å². The molecule has 3 nitrogen and oxygen atoms in total. The Bertz CT molecular complexity index is 660. The molecule has 0 aliphatic heterocycles. The molecule has 0 saturated heterocycles. The van der Waals surface area contributed by atoms with Gasteiger partial charge in [-0.1, -0.05) is 17.7 Å². The molecule has 2 rings (SSSR count). The van der Waals surface area contributed by atoms with Gasteiger partial charge in [0.1, 0.15) is 16.1 Å². The zero-order chi connectivity index (χ0) is 13.3. The lowest BCUT2D eigenvalue weighted by molar-refractivity contribution is 0.563. The first-order chi connectivity index (χ1) is 8.49. The van der Waals surface area contributed by atoms with Gasteiger partial charge in [-0.15, -0.1) is 0 Å². The topological polar surface area (TPSA) is 34.9 Å². The van der Waals surface area contributed by atoms with Crippen molar-refractivity contribution in [1.29, 1.82) is 0 Å². The molecule has 0 aliphatic carbocycles. The van der Waals surface area contributed by atoms with E-state index in [1.54, 1.807) is 0 Å². The van der Waals surface area contributed by atoms with E-state index in [4.69, 9.17) is 11.6 Å². The van der Waals surface area contributed by atoms with Crippen LogP contribution < -0.4 is 5.56 Å². The molecule has 0 aliphatic rings. The molecule has 1 heterocycles. The van der Waals surface area contributed by atoms with Gasteiger partial charge in [0.05, 0.1) is 12.9 Å². The number of nitrogens with zero attached hydrogens (tertiary/aromatic N) is 2. The van der Waals surface area contributed by atoms with E-state index >= 15 is 0 Å². The molecule has 0 N–H and O–H groups in total. The van der Waals surface area contributed by atoms with Crippen LogP contribution in [0.1, 0.15) is 5.56 Å². The van der Waals surface area contributed by atoms with Crippen molar-refractivity contribution < 1.29 is 8.78 Å². The monoisotopic (exact) mass is 334 g/mol. The van der Waals surface area contributed by atoms with Crippen LogP contribution in [0, 0.1) is 11.6 Å². The van der Waals surface area contributed by atoms with Crippen LogP contribution in [0.3, 0.4) is 0 Å². The third-order valence-electron chi connectivity index (χ3n) is 2.30. The molecule has 0 radical (unpaired) electrons. The Labute approximate surface area is 114 Å². The molecule has 0 unspecified atom stereocenters. The minimum absolute atomic E-state index is 0.0378. The van der Waals surface area contributed by atoms with Crippen molar-refractivity contribution in [3.8, 4) is 0 Å². The zero-order valence-corrected chi connectivity index (χ0v) is 11.2. The van der Waals surface area contributed by atoms with E-state index in [-0.39, 0.29) is 21.7 Å². The Morgan fingerprint density at radius 3 is 2.78 bits per heavy atom. The Balaban J connectivity index is 2.41. The van der Waals surface area contributed by atoms with Crippen LogP contribution in [0.4, 0.5) is 8.78 Å². The lowest BCUT2D eigenvalue weighted by Gasteiger charge is -2.07. The maximum Gasteiger partial charge on any atom is 0.269 e. The first-order valence-corrected chi connectivity index (χ1v) is 6.00. The van der Waals surface area contributed by atoms with Crippen LogP contribution in [-0.2, 0) is 6.54 Å². The fourth-order valence-electron chi connectivity index (χ4n) is 1.39. The Morgan fingerprint density at radius 2 is 2.11 bits per heavy atom. The SMILES string of the molecule is O=c1c(Br)c(Cl)ncn1Cc1ccc(F)cc1F. The van der Waals surface area contributed by atoms with E-state index in [1.807, 2.05) is 0 Å². The van der Waals surface area contributed by atoms with E-state index in [0.717, 1.165) is 12.1 Å². The fourth-order valence-corrected chi connectivity index (χ4v) is 1.84. The minimum atomic E-state index is -0.715. The average molecular weight is 336 g/mol. The first kappa shape index (κ1) is 13.2. The highest BCUT2D eigenvalue weighted by Crippen LogP contribution is 2.15. The molecule has 1 aromatic carbocycles. The van der Waals surface area contributed by atoms with E-state index < -0.39 is 17.2 Å². The largest absolute Gasteiger partial charge is 0.294 e. The standard InChI is InChI=1S/C11H6BrClF2N2O/c12-9-10(13)16-5-17(11(9)18)4-6-1-2-7(14)3-8(6)15/h1-3,5H,4H2. The van der Waals surface area contributed by atoms with Gasteiger partial charge in [0, 0.05) is 11.6 Å². The van der Waals surface area contributed by atoms with Crippen molar-refractivity contribution in [1.82, 2.24) is 9.55 Å². The van der Waals surface area contributed by atoms with Crippen LogP contribution in [0.15, 0.2) is 33.8 Å². The van der Waals surface area contributed by atoms with E-state index in [0.29, 0.717) is 0 Å². The number of hydrogen-bond donors (Lipinski definition) is 0. The average Bonchev–Trinajstić information content (AvgIpc) is 2.33. The molecule has 2 aromatic rings. The van der Waals surface area contributed by atoms with Crippen LogP contribution in [0.5, 0.6) is 0 Å². The molecule has 7 heteroatoms. The van der Waals surface area contributed by atoms with E-state index in [2.05, 4.69) is 20.9 Å². The van der Waals surface area contributed by atoms with Crippen LogP contribution in [0.25, 0.3) is 0 Å². The van der Waals surface area contributed by atoms with Crippen molar-refractivity contribution in [3.63, 3.8) is 0 Å². The summed E-state index contributed by atoms with van der Waals surface area (Å²) >= 11 is 8.64.